The predicted octanol–water partition coefficient (Wildman–Crippen LogP) is 2.21. The summed E-state index contributed by atoms with van der Waals surface area (Å²) in [4.78, 5) is 28.6. The summed E-state index contributed by atoms with van der Waals surface area (Å²) < 4.78 is 1.96. The topological polar surface area (TPSA) is 70.5 Å². The molecule has 4 rings (SSSR count). The number of hydrogen-bond acceptors (Lipinski definition) is 3. The van der Waals surface area contributed by atoms with Gasteiger partial charge in [-0.2, -0.15) is 5.10 Å². The number of hydrogen-bond donors (Lipinski definition) is 1. The van der Waals surface area contributed by atoms with E-state index in [1.165, 1.54) is 0 Å². The first-order chi connectivity index (χ1) is 12.7. The number of carbonyl (C=O) groups excluding carboxylic acids is 2. The molecule has 3 amide bonds. The number of aromatic nitrogens is 2. The van der Waals surface area contributed by atoms with Gasteiger partial charge >= 0.3 is 6.03 Å². The molecule has 1 fully saturated rings. The number of urea groups is 1. The van der Waals surface area contributed by atoms with Gasteiger partial charge in [0.1, 0.15) is 0 Å². The van der Waals surface area contributed by atoms with Gasteiger partial charge in [-0.1, -0.05) is 18.2 Å². The van der Waals surface area contributed by atoms with Crippen molar-refractivity contribution in [2.45, 2.75) is 25.8 Å². The van der Waals surface area contributed by atoms with Crippen LogP contribution in [0.5, 0.6) is 0 Å². The average molecular weight is 353 g/mol. The number of nitrogens with zero attached hydrogens (tertiary/aromatic N) is 4. The van der Waals surface area contributed by atoms with Crippen LogP contribution < -0.4 is 5.32 Å². The molecule has 0 unspecified atom stereocenters. The molecule has 3 heterocycles. The van der Waals surface area contributed by atoms with E-state index in [0.29, 0.717) is 31.9 Å². The average Bonchev–Trinajstić information content (AvgIpc) is 3.12. The van der Waals surface area contributed by atoms with Gasteiger partial charge in [0.2, 0.25) is 0 Å². The van der Waals surface area contributed by atoms with Gasteiger partial charge in [0.25, 0.3) is 5.91 Å². The smallest absolute Gasteiger partial charge is 0.321 e. The lowest BCUT2D eigenvalue weighted by atomic mass is 10.1. The summed E-state index contributed by atoms with van der Waals surface area (Å²) in [5.74, 6) is -0.0324. The number of anilines is 1. The number of piperazine rings is 1. The molecule has 1 N–H and O–H groups in total. The molecule has 1 aromatic carbocycles. The van der Waals surface area contributed by atoms with Gasteiger partial charge in [-0.3, -0.25) is 9.48 Å². The number of rotatable bonds is 2. The van der Waals surface area contributed by atoms with Crippen LogP contribution in [0.4, 0.5) is 10.5 Å². The van der Waals surface area contributed by atoms with E-state index < -0.39 is 0 Å². The van der Waals surface area contributed by atoms with Crippen LogP contribution in [0.3, 0.4) is 0 Å². The summed E-state index contributed by atoms with van der Waals surface area (Å²) in [6, 6.07) is 11.2. The van der Waals surface area contributed by atoms with Gasteiger partial charge in [0.05, 0.1) is 0 Å². The molecular formula is C19H23N5O2. The molecule has 2 aromatic rings. The van der Waals surface area contributed by atoms with Crippen molar-refractivity contribution >= 4 is 17.6 Å². The van der Waals surface area contributed by atoms with Gasteiger partial charge in [-0.25, -0.2) is 4.79 Å². The Labute approximate surface area is 152 Å². The van der Waals surface area contributed by atoms with E-state index in [1.807, 2.05) is 41.1 Å². The van der Waals surface area contributed by atoms with Gasteiger partial charge in [-0.05, 0) is 37.5 Å². The van der Waals surface area contributed by atoms with Gasteiger partial charge < -0.3 is 15.1 Å². The number of aryl methyl sites for hydroxylation is 2. The Morgan fingerprint density at radius 1 is 0.923 bits per heavy atom. The molecule has 7 heteroatoms. The fourth-order valence-electron chi connectivity index (χ4n) is 3.52. The van der Waals surface area contributed by atoms with Crippen LogP contribution >= 0.6 is 0 Å². The van der Waals surface area contributed by atoms with Crippen LogP contribution in [0.1, 0.15) is 29.0 Å². The molecule has 7 nitrogen and oxygen atoms in total. The maximum Gasteiger partial charge on any atom is 0.321 e. The molecule has 2 aliphatic rings. The zero-order valence-electron chi connectivity index (χ0n) is 14.7. The lowest BCUT2D eigenvalue weighted by Gasteiger charge is -2.34. The Bertz CT molecular complexity index is 770. The highest BCUT2D eigenvalue weighted by molar-refractivity contribution is 5.93. The van der Waals surface area contributed by atoms with E-state index in [2.05, 4.69) is 10.4 Å². The fraction of sp³-hybridized carbons (Fsp3) is 0.421. The lowest BCUT2D eigenvalue weighted by molar-refractivity contribution is 0.0665. The molecule has 0 radical (unpaired) electrons. The van der Waals surface area contributed by atoms with E-state index in [0.717, 1.165) is 37.2 Å². The monoisotopic (exact) mass is 353 g/mol. The second kappa shape index (κ2) is 7.19. The summed E-state index contributed by atoms with van der Waals surface area (Å²) >= 11 is 0. The van der Waals surface area contributed by atoms with E-state index in [9.17, 15) is 9.59 Å². The molecule has 0 bridgehead atoms. The summed E-state index contributed by atoms with van der Waals surface area (Å²) in [5.41, 5.74) is 2.46. The molecule has 26 heavy (non-hydrogen) atoms. The highest BCUT2D eigenvalue weighted by Gasteiger charge is 2.27. The quantitative estimate of drug-likeness (QED) is 0.900. The molecule has 0 atom stereocenters. The standard InChI is InChI=1S/C19H23N5O2/c25-18(17-14-16-8-4-5-9-24(16)21-17)22-10-12-23(13-11-22)19(26)20-15-6-2-1-3-7-15/h1-3,6-7,14H,4-5,8-13H2,(H,20,26). The molecule has 0 spiro atoms. The van der Waals surface area contributed by atoms with Crippen LogP contribution in [-0.2, 0) is 13.0 Å². The maximum absolute atomic E-state index is 12.7. The van der Waals surface area contributed by atoms with Gasteiger partial charge in [0.15, 0.2) is 5.69 Å². The normalized spacial score (nSPS) is 16.9. The number of para-hydroxylation sites is 1. The zero-order chi connectivity index (χ0) is 17.9. The summed E-state index contributed by atoms with van der Waals surface area (Å²) in [7, 11) is 0. The second-order valence-corrected chi connectivity index (χ2v) is 6.78. The van der Waals surface area contributed by atoms with Crippen molar-refractivity contribution in [3.8, 4) is 0 Å². The zero-order valence-corrected chi connectivity index (χ0v) is 14.7. The first-order valence-electron chi connectivity index (χ1n) is 9.18. The van der Waals surface area contributed by atoms with Gasteiger partial charge in [0, 0.05) is 44.1 Å². The minimum atomic E-state index is -0.124. The number of carbonyl (C=O) groups is 2. The van der Waals surface area contributed by atoms with Gasteiger partial charge in [-0.15, -0.1) is 0 Å². The number of fused-ring (bicyclic) bond motifs is 1. The van der Waals surface area contributed by atoms with E-state index in [4.69, 9.17) is 0 Å². The van der Waals surface area contributed by atoms with Crippen molar-refractivity contribution in [2.24, 2.45) is 0 Å². The Hall–Kier alpha value is -2.83. The minimum absolute atomic E-state index is 0.0324. The van der Waals surface area contributed by atoms with Crippen molar-refractivity contribution in [1.29, 1.82) is 0 Å². The molecule has 136 valence electrons. The van der Waals surface area contributed by atoms with Crippen LogP contribution in [0.2, 0.25) is 0 Å². The van der Waals surface area contributed by atoms with Crippen molar-refractivity contribution in [2.75, 3.05) is 31.5 Å². The van der Waals surface area contributed by atoms with E-state index in [1.54, 1.807) is 9.80 Å². The summed E-state index contributed by atoms with van der Waals surface area (Å²) in [6.45, 7) is 3.01. The number of benzene rings is 1. The Balaban J connectivity index is 1.33. The highest BCUT2D eigenvalue weighted by Crippen LogP contribution is 2.17. The van der Waals surface area contributed by atoms with E-state index in [-0.39, 0.29) is 11.9 Å². The van der Waals surface area contributed by atoms with Crippen molar-refractivity contribution in [3.05, 3.63) is 47.8 Å². The van der Waals surface area contributed by atoms with Crippen molar-refractivity contribution in [3.63, 3.8) is 0 Å². The summed E-state index contributed by atoms with van der Waals surface area (Å²) in [5, 5.41) is 7.36. The lowest BCUT2D eigenvalue weighted by Crippen LogP contribution is -2.51. The maximum atomic E-state index is 12.7. The molecule has 1 saturated heterocycles. The third-order valence-electron chi connectivity index (χ3n) is 5.01. The third-order valence-corrected chi connectivity index (χ3v) is 5.01. The molecular weight excluding hydrogens is 330 g/mol. The molecule has 0 aliphatic carbocycles. The molecule has 0 saturated carbocycles. The minimum Gasteiger partial charge on any atom is -0.334 e. The van der Waals surface area contributed by atoms with Crippen LogP contribution in [0.25, 0.3) is 0 Å². The predicted molar refractivity (Wildman–Crippen MR) is 98.1 cm³/mol. The molecule has 2 aliphatic heterocycles. The SMILES string of the molecule is O=C(Nc1ccccc1)N1CCN(C(=O)c2cc3n(n2)CCCC3)CC1. The first kappa shape index (κ1) is 16.6. The Morgan fingerprint density at radius 3 is 2.38 bits per heavy atom. The van der Waals surface area contributed by atoms with Crippen LogP contribution in [-0.4, -0.2) is 57.7 Å². The molecule has 1 aromatic heterocycles. The Morgan fingerprint density at radius 2 is 1.65 bits per heavy atom. The fourth-order valence-corrected chi connectivity index (χ4v) is 3.52. The number of nitrogens with one attached hydrogen (secondary N) is 1. The summed E-state index contributed by atoms with van der Waals surface area (Å²) in [6.07, 6.45) is 3.28. The number of amides is 3. The third kappa shape index (κ3) is 3.42. The van der Waals surface area contributed by atoms with Crippen LogP contribution in [0.15, 0.2) is 36.4 Å². The first-order valence-corrected chi connectivity index (χ1v) is 9.18. The van der Waals surface area contributed by atoms with E-state index >= 15 is 0 Å². The highest BCUT2D eigenvalue weighted by atomic mass is 16.2. The largest absolute Gasteiger partial charge is 0.334 e. The second-order valence-electron chi connectivity index (χ2n) is 6.78. The Kier molecular flexibility index (Phi) is 4.60. The van der Waals surface area contributed by atoms with Crippen molar-refractivity contribution < 1.29 is 9.59 Å². The van der Waals surface area contributed by atoms with Crippen LogP contribution in [0, 0.1) is 0 Å². The van der Waals surface area contributed by atoms with Crippen molar-refractivity contribution in [1.82, 2.24) is 19.6 Å².